The van der Waals surface area contributed by atoms with Gasteiger partial charge >= 0.3 is 5.97 Å². The monoisotopic (exact) mass is 352 g/mol. The molecule has 1 heterocycles. The zero-order valence-electron chi connectivity index (χ0n) is 12.1. The summed E-state index contributed by atoms with van der Waals surface area (Å²) in [6, 6.07) is 7.83. The molecule has 23 heavy (non-hydrogen) atoms. The van der Waals surface area contributed by atoms with Crippen LogP contribution in [-0.4, -0.2) is 30.6 Å². The van der Waals surface area contributed by atoms with Crippen molar-refractivity contribution in [1.29, 1.82) is 0 Å². The van der Waals surface area contributed by atoms with Crippen molar-refractivity contribution in [3.05, 3.63) is 51.2 Å². The molecule has 0 aliphatic rings. The number of phenols is 1. The molecule has 0 atom stereocenters. The molecule has 0 saturated carbocycles. The van der Waals surface area contributed by atoms with E-state index in [0.717, 1.165) is 11.3 Å². The zero-order chi connectivity index (χ0) is 16.8. The Labute approximate surface area is 141 Å². The van der Waals surface area contributed by atoms with Gasteiger partial charge in [-0.25, -0.2) is 4.79 Å². The quantitative estimate of drug-likeness (QED) is 0.489. The van der Waals surface area contributed by atoms with E-state index < -0.39 is 5.97 Å². The molecule has 1 aromatic heterocycles. The Morgan fingerprint density at radius 3 is 2.74 bits per heavy atom. The lowest BCUT2D eigenvalue weighted by atomic mass is 10.2. The number of carbonyl (C=O) groups excluding carboxylic acids is 2. The first-order valence-electron chi connectivity index (χ1n) is 6.50. The van der Waals surface area contributed by atoms with Gasteiger partial charge in [0.2, 0.25) is 5.78 Å². The van der Waals surface area contributed by atoms with Crippen molar-refractivity contribution in [3.8, 4) is 11.5 Å². The van der Waals surface area contributed by atoms with Gasteiger partial charge in [0.1, 0.15) is 0 Å². The number of benzene rings is 1. The van der Waals surface area contributed by atoms with E-state index in [4.69, 9.17) is 21.1 Å². The number of Topliss-reactive ketones (excluding diaryl/α,β-unsaturated/α-hetero) is 1. The van der Waals surface area contributed by atoms with Gasteiger partial charge in [0.25, 0.3) is 0 Å². The minimum Gasteiger partial charge on any atom is -0.504 e. The lowest BCUT2D eigenvalue weighted by Gasteiger charge is -2.03. The predicted octanol–water partition coefficient (Wildman–Crippen LogP) is 3.56. The van der Waals surface area contributed by atoms with Gasteiger partial charge < -0.3 is 14.6 Å². The fourth-order valence-corrected chi connectivity index (χ4v) is 2.65. The van der Waals surface area contributed by atoms with Crippen molar-refractivity contribution in [1.82, 2.24) is 0 Å². The summed E-state index contributed by atoms with van der Waals surface area (Å²) in [6.07, 6.45) is 2.69. The highest BCUT2D eigenvalue weighted by Gasteiger charge is 2.11. The molecule has 120 valence electrons. The maximum atomic E-state index is 11.8. The second-order valence-corrected chi connectivity index (χ2v) is 6.11. The fraction of sp³-hybridized carbons (Fsp3) is 0.125. The number of ether oxygens (including phenoxy) is 2. The Hall–Kier alpha value is -2.31. The SMILES string of the molecule is COc1cc(/C=C/C(=O)OCC(=O)c2ccc(Cl)s2)ccc1O. The standard InChI is InChI=1S/C16H13ClO5S/c1-21-13-8-10(2-4-11(13)18)3-7-16(20)22-9-12(19)14-5-6-15(17)23-14/h2-8,18H,9H2,1H3/b7-3+. The Bertz CT molecular complexity index is 751. The van der Waals surface area contributed by atoms with Crippen molar-refractivity contribution in [2.75, 3.05) is 13.7 Å². The van der Waals surface area contributed by atoms with Crippen LogP contribution >= 0.6 is 22.9 Å². The van der Waals surface area contributed by atoms with Crippen molar-refractivity contribution in [3.63, 3.8) is 0 Å². The summed E-state index contributed by atoms with van der Waals surface area (Å²) in [5, 5.41) is 9.48. The molecular weight excluding hydrogens is 340 g/mol. The Morgan fingerprint density at radius 2 is 2.09 bits per heavy atom. The molecule has 2 aromatic rings. The third kappa shape index (κ3) is 4.84. The second kappa shape index (κ2) is 7.80. The van der Waals surface area contributed by atoms with Crippen LogP contribution in [0.25, 0.3) is 6.08 Å². The number of hydrogen-bond acceptors (Lipinski definition) is 6. The van der Waals surface area contributed by atoms with Crippen LogP contribution in [0.4, 0.5) is 0 Å². The van der Waals surface area contributed by atoms with E-state index in [1.54, 1.807) is 24.3 Å². The lowest BCUT2D eigenvalue weighted by molar-refractivity contribution is -0.136. The number of aromatic hydroxyl groups is 1. The number of phenolic OH excluding ortho intramolecular Hbond substituents is 1. The highest BCUT2D eigenvalue weighted by Crippen LogP contribution is 2.26. The molecule has 1 N–H and O–H groups in total. The van der Waals surface area contributed by atoms with Crippen LogP contribution < -0.4 is 4.74 Å². The number of halogens is 1. The van der Waals surface area contributed by atoms with E-state index in [-0.39, 0.29) is 18.1 Å². The van der Waals surface area contributed by atoms with Crippen molar-refractivity contribution in [2.45, 2.75) is 0 Å². The molecule has 7 heteroatoms. The lowest BCUT2D eigenvalue weighted by Crippen LogP contribution is -2.11. The summed E-state index contributed by atoms with van der Waals surface area (Å²) in [7, 11) is 1.43. The van der Waals surface area contributed by atoms with Crippen LogP contribution in [0.5, 0.6) is 11.5 Å². The van der Waals surface area contributed by atoms with E-state index >= 15 is 0 Å². The van der Waals surface area contributed by atoms with Crippen LogP contribution in [0, 0.1) is 0 Å². The minimum absolute atomic E-state index is 0.00688. The van der Waals surface area contributed by atoms with E-state index in [1.165, 1.54) is 25.3 Å². The molecule has 0 amide bonds. The number of rotatable bonds is 6. The minimum atomic E-state index is -0.645. The summed E-state index contributed by atoms with van der Waals surface area (Å²) in [6.45, 7) is -0.348. The summed E-state index contributed by atoms with van der Waals surface area (Å²) in [5.41, 5.74) is 0.646. The summed E-state index contributed by atoms with van der Waals surface area (Å²) in [4.78, 5) is 23.8. The second-order valence-electron chi connectivity index (χ2n) is 4.40. The number of esters is 1. The number of thiophene rings is 1. The molecule has 5 nitrogen and oxygen atoms in total. The average molecular weight is 353 g/mol. The normalized spacial score (nSPS) is 10.7. The number of carbonyl (C=O) groups is 2. The largest absolute Gasteiger partial charge is 0.504 e. The first-order chi connectivity index (χ1) is 11.0. The number of methoxy groups -OCH3 is 1. The molecule has 0 bridgehead atoms. The third-order valence-electron chi connectivity index (χ3n) is 2.81. The smallest absolute Gasteiger partial charge is 0.331 e. The third-order valence-corrected chi connectivity index (χ3v) is 4.08. The van der Waals surface area contributed by atoms with Gasteiger partial charge in [-0.2, -0.15) is 0 Å². The summed E-state index contributed by atoms with van der Waals surface area (Å²) >= 11 is 6.87. The van der Waals surface area contributed by atoms with Gasteiger partial charge in [0, 0.05) is 6.08 Å². The van der Waals surface area contributed by atoms with Crippen molar-refractivity contribution >= 4 is 40.8 Å². The number of hydrogen-bond donors (Lipinski definition) is 1. The molecular formula is C16H13ClO5S. The molecule has 0 fully saturated rings. The van der Waals surface area contributed by atoms with Crippen molar-refractivity contribution in [2.24, 2.45) is 0 Å². The zero-order valence-corrected chi connectivity index (χ0v) is 13.7. The van der Waals surface area contributed by atoms with Gasteiger partial charge in [-0.15, -0.1) is 11.3 Å². The fourth-order valence-electron chi connectivity index (χ4n) is 1.68. The van der Waals surface area contributed by atoms with Gasteiger partial charge in [-0.1, -0.05) is 17.7 Å². The van der Waals surface area contributed by atoms with Crippen LogP contribution in [0.1, 0.15) is 15.2 Å². The van der Waals surface area contributed by atoms with E-state index in [0.29, 0.717) is 20.5 Å². The summed E-state index contributed by atoms with van der Waals surface area (Å²) in [5.74, 6) is -0.652. The van der Waals surface area contributed by atoms with Crippen LogP contribution in [0.15, 0.2) is 36.4 Å². The molecule has 1 aromatic carbocycles. The van der Waals surface area contributed by atoms with E-state index in [2.05, 4.69) is 0 Å². The molecule has 0 aliphatic heterocycles. The first-order valence-corrected chi connectivity index (χ1v) is 7.69. The Morgan fingerprint density at radius 1 is 1.30 bits per heavy atom. The molecule has 2 rings (SSSR count). The molecule has 0 saturated heterocycles. The van der Waals surface area contributed by atoms with Gasteiger partial charge in [0.05, 0.1) is 16.3 Å². The van der Waals surface area contributed by atoms with Gasteiger partial charge in [0.15, 0.2) is 18.1 Å². The summed E-state index contributed by atoms with van der Waals surface area (Å²) < 4.78 is 10.3. The molecule has 0 unspecified atom stereocenters. The Balaban J connectivity index is 1.90. The average Bonchev–Trinajstić information content (AvgIpc) is 2.98. The van der Waals surface area contributed by atoms with Crippen LogP contribution in [-0.2, 0) is 9.53 Å². The molecule has 0 radical (unpaired) electrons. The van der Waals surface area contributed by atoms with Crippen LogP contribution in [0.3, 0.4) is 0 Å². The van der Waals surface area contributed by atoms with E-state index in [1.807, 2.05) is 0 Å². The van der Waals surface area contributed by atoms with E-state index in [9.17, 15) is 14.7 Å². The van der Waals surface area contributed by atoms with Crippen LogP contribution in [0.2, 0.25) is 4.34 Å². The van der Waals surface area contributed by atoms with Gasteiger partial charge in [-0.3, -0.25) is 4.79 Å². The Kier molecular flexibility index (Phi) is 5.78. The maximum Gasteiger partial charge on any atom is 0.331 e. The van der Waals surface area contributed by atoms with Crippen molar-refractivity contribution < 1.29 is 24.2 Å². The topological polar surface area (TPSA) is 72.8 Å². The maximum absolute atomic E-state index is 11.8. The highest BCUT2D eigenvalue weighted by molar-refractivity contribution is 7.18. The predicted molar refractivity (Wildman–Crippen MR) is 88.3 cm³/mol. The first kappa shape index (κ1) is 17.1. The molecule has 0 aliphatic carbocycles. The highest BCUT2D eigenvalue weighted by atomic mass is 35.5. The molecule has 0 spiro atoms. The number of ketones is 1. The van der Waals surface area contributed by atoms with Gasteiger partial charge in [-0.05, 0) is 35.9 Å².